The second-order valence-electron chi connectivity index (χ2n) is 14.8. The van der Waals surface area contributed by atoms with Crippen molar-refractivity contribution in [1.29, 1.82) is 0 Å². The lowest BCUT2D eigenvalue weighted by Gasteiger charge is -2.31. The zero-order valence-electron chi connectivity index (χ0n) is 29.4. The van der Waals surface area contributed by atoms with Gasteiger partial charge in [0.1, 0.15) is 0 Å². The number of benzene rings is 3. The van der Waals surface area contributed by atoms with Crippen molar-refractivity contribution in [3.05, 3.63) is 144 Å². The highest BCUT2D eigenvalue weighted by molar-refractivity contribution is 6.09. The summed E-state index contributed by atoms with van der Waals surface area (Å²) in [4.78, 5) is 5.16. The molecule has 0 N–H and O–H groups in total. The second-order valence-corrected chi connectivity index (χ2v) is 14.8. The van der Waals surface area contributed by atoms with E-state index in [0.29, 0.717) is 23.6 Å². The Morgan fingerprint density at radius 1 is 0.820 bits per heavy atom. The molecule has 0 aliphatic carbocycles. The Balaban J connectivity index is 1.27. The van der Waals surface area contributed by atoms with Crippen LogP contribution in [0.3, 0.4) is 0 Å². The van der Waals surface area contributed by atoms with Crippen LogP contribution in [-0.4, -0.2) is 4.98 Å². The van der Waals surface area contributed by atoms with Crippen LogP contribution in [0.25, 0.3) is 61.5 Å². The number of aryl methyl sites for hydroxylation is 3. The molecule has 0 saturated carbocycles. The Kier molecular flexibility index (Phi) is 7.31. The second kappa shape index (κ2) is 11.9. The van der Waals surface area contributed by atoms with Crippen molar-refractivity contribution in [1.82, 2.24) is 4.98 Å². The molecule has 2 aliphatic heterocycles. The van der Waals surface area contributed by atoms with Crippen LogP contribution in [0.15, 0.2) is 120 Å². The molecule has 4 heteroatoms. The van der Waals surface area contributed by atoms with E-state index in [4.69, 9.17) is 16.0 Å². The molecule has 50 heavy (non-hydrogen) atoms. The third-order valence-corrected chi connectivity index (χ3v) is 11.1. The molecule has 0 fully saturated rings. The van der Waals surface area contributed by atoms with E-state index in [1.165, 1.54) is 44.6 Å². The molecule has 7 aromatic rings. The largest absolute Gasteiger partial charge is 0.437 e. The fourth-order valence-corrected chi connectivity index (χ4v) is 8.89. The van der Waals surface area contributed by atoms with E-state index >= 15 is 0 Å². The Morgan fingerprint density at radius 2 is 1.62 bits per heavy atom. The van der Waals surface area contributed by atoms with Crippen molar-refractivity contribution < 1.29 is 13.6 Å². The number of nitrogens with zero attached hydrogens (tertiary/aromatic N) is 3. The molecule has 0 saturated heterocycles. The summed E-state index contributed by atoms with van der Waals surface area (Å²) in [5.74, 6) is 0.852. The average Bonchev–Trinajstić information content (AvgIpc) is 3.48. The number of allylic oxidation sites excluding steroid dienone is 1. The van der Waals surface area contributed by atoms with Gasteiger partial charge in [-0.25, -0.2) is 4.98 Å². The maximum absolute atomic E-state index is 6.92. The van der Waals surface area contributed by atoms with E-state index in [1.807, 2.05) is 0 Å². The minimum Gasteiger partial charge on any atom is -0.437 e. The molecular formula is C46H43N3O+2. The van der Waals surface area contributed by atoms with Crippen LogP contribution in [0, 0.1) is 19.8 Å². The van der Waals surface area contributed by atoms with Gasteiger partial charge >= 0.3 is 0 Å². The van der Waals surface area contributed by atoms with E-state index < -0.39 is 0 Å². The third kappa shape index (κ3) is 4.92. The minimum absolute atomic E-state index is 0.293. The smallest absolute Gasteiger partial charge is 0.227 e. The van der Waals surface area contributed by atoms with E-state index in [-0.39, 0.29) is 0 Å². The highest BCUT2D eigenvalue weighted by Crippen LogP contribution is 2.45. The molecule has 2 aliphatic rings. The Morgan fingerprint density at radius 3 is 2.46 bits per heavy atom. The normalized spacial score (nSPS) is 16.9. The molecular weight excluding hydrogens is 611 g/mol. The van der Waals surface area contributed by atoms with Crippen LogP contribution >= 0.6 is 0 Å². The lowest BCUT2D eigenvalue weighted by molar-refractivity contribution is -0.719. The van der Waals surface area contributed by atoms with Crippen LogP contribution in [0.4, 0.5) is 0 Å². The third-order valence-electron chi connectivity index (χ3n) is 11.1. The zero-order chi connectivity index (χ0) is 34.1. The highest BCUT2D eigenvalue weighted by atomic mass is 16.3. The molecule has 4 aromatic heterocycles. The molecule has 9 rings (SSSR count). The van der Waals surface area contributed by atoms with Crippen molar-refractivity contribution in [3.63, 3.8) is 0 Å². The first-order valence-corrected chi connectivity index (χ1v) is 18.1. The van der Waals surface area contributed by atoms with Gasteiger partial charge in [-0.15, -0.1) is 0 Å². The molecule has 2 atom stereocenters. The SMILES string of the molecule is C=C1CC2c3ccccc3-c3cccc[n+]3C2CCc2ccc3c(oc4nc(-c5c(C)cccc5C)ccc43)c2-c2cc(CC(C)C)cc[n+]21. The number of furan rings is 1. The van der Waals surface area contributed by atoms with Gasteiger partial charge in [0.2, 0.25) is 17.1 Å². The monoisotopic (exact) mass is 653 g/mol. The quantitative estimate of drug-likeness (QED) is 0.178. The molecule has 4 nitrogen and oxygen atoms in total. The fraction of sp³-hybridized carbons (Fsp3) is 0.239. The van der Waals surface area contributed by atoms with Gasteiger partial charge in [-0.3, -0.25) is 0 Å². The summed E-state index contributed by atoms with van der Waals surface area (Å²) in [5.41, 5.74) is 16.2. The van der Waals surface area contributed by atoms with Crippen molar-refractivity contribution in [3.8, 4) is 33.8 Å². The van der Waals surface area contributed by atoms with E-state index in [0.717, 1.165) is 64.7 Å². The maximum atomic E-state index is 6.92. The molecule has 0 bridgehead atoms. The Labute approximate surface area is 294 Å². The number of rotatable bonds is 3. The topological polar surface area (TPSA) is 33.8 Å². The standard InChI is InChI=1S/C46H43N3O/c1-28(2)25-32-22-24-48-31(5)26-38-34-13-6-7-14-35(34)40-15-8-9-23-49(40)41(38)21-17-33-16-18-36-37-19-20-39(43-29(3)11-10-12-30(43)4)47-46(37)50-45(36)44(33)42(48)27-32/h6-16,18-20,22-24,27-28,38,41H,5,17,21,25-26H2,1-4H3/q+2. The van der Waals surface area contributed by atoms with Crippen molar-refractivity contribution in [2.75, 3.05) is 0 Å². The van der Waals surface area contributed by atoms with Gasteiger partial charge in [-0.05, 0) is 91.3 Å². The molecule has 6 heterocycles. The lowest BCUT2D eigenvalue weighted by atomic mass is 9.77. The lowest BCUT2D eigenvalue weighted by Crippen LogP contribution is -2.48. The van der Waals surface area contributed by atoms with E-state index in [2.05, 4.69) is 146 Å². The molecule has 0 radical (unpaired) electrons. The molecule has 2 unspecified atom stereocenters. The van der Waals surface area contributed by atoms with Crippen LogP contribution in [0.5, 0.6) is 0 Å². The summed E-state index contributed by atoms with van der Waals surface area (Å²) in [6.45, 7) is 13.7. The van der Waals surface area contributed by atoms with Gasteiger partial charge in [0.15, 0.2) is 29.7 Å². The molecule has 0 spiro atoms. The summed E-state index contributed by atoms with van der Waals surface area (Å²) in [6.07, 6.45) is 8.33. The highest BCUT2D eigenvalue weighted by Gasteiger charge is 2.42. The van der Waals surface area contributed by atoms with Gasteiger partial charge in [-0.2, -0.15) is 9.13 Å². The zero-order valence-corrected chi connectivity index (χ0v) is 29.4. The first kappa shape index (κ1) is 30.7. The average molecular weight is 654 g/mol. The van der Waals surface area contributed by atoms with E-state index in [1.54, 1.807) is 0 Å². The molecule has 3 aromatic carbocycles. The maximum Gasteiger partial charge on any atom is 0.227 e. The van der Waals surface area contributed by atoms with Crippen LogP contribution in [0.2, 0.25) is 0 Å². The van der Waals surface area contributed by atoms with Gasteiger partial charge in [0, 0.05) is 59.0 Å². The number of hydrogen-bond acceptors (Lipinski definition) is 2. The Hall–Kier alpha value is -5.35. The first-order valence-electron chi connectivity index (χ1n) is 18.1. The summed E-state index contributed by atoms with van der Waals surface area (Å²) in [6, 6.07) is 35.9. The van der Waals surface area contributed by atoms with Gasteiger partial charge in [0.25, 0.3) is 0 Å². The van der Waals surface area contributed by atoms with Crippen molar-refractivity contribution >= 4 is 27.8 Å². The summed E-state index contributed by atoms with van der Waals surface area (Å²) in [7, 11) is 0. The van der Waals surface area contributed by atoms with Gasteiger partial charge in [0.05, 0.1) is 17.2 Å². The summed E-state index contributed by atoms with van der Waals surface area (Å²) < 4.78 is 11.8. The molecule has 0 amide bonds. The number of pyridine rings is 3. The predicted molar refractivity (Wildman–Crippen MR) is 203 cm³/mol. The minimum atomic E-state index is 0.293. The fourth-order valence-electron chi connectivity index (χ4n) is 8.89. The predicted octanol–water partition coefficient (Wildman–Crippen LogP) is 10.5. The van der Waals surface area contributed by atoms with Crippen LogP contribution in [-0.2, 0) is 12.8 Å². The van der Waals surface area contributed by atoms with Gasteiger partial charge in [-0.1, -0.05) is 62.4 Å². The molecule has 246 valence electrons. The first-order chi connectivity index (χ1) is 24.4. The number of aromatic nitrogens is 3. The van der Waals surface area contributed by atoms with Crippen LogP contribution < -0.4 is 9.13 Å². The summed E-state index contributed by atoms with van der Waals surface area (Å²) >= 11 is 0. The van der Waals surface area contributed by atoms with Crippen molar-refractivity contribution in [2.24, 2.45) is 5.92 Å². The Bertz CT molecular complexity index is 2460. The van der Waals surface area contributed by atoms with E-state index in [9.17, 15) is 0 Å². The summed E-state index contributed by atoms with van der Waals surface area (Å²) in [5, 5.41) is 2.15. The number of fused-ring (bicyclic) bond motifs is 13. The van der Waals surface area contributed by atoms with Gasteiger partial charge < -0.3 is 4.42 Å². The van der Waals surface area contributed by atoms with Crippen LogP contribution in [0.1, 0.15) is 66.5 Å². The number of hydrogen-bond donors (Lipinski definition) is 0. The van der Waals surface area contributed by atoms with Crippen molar-refractivity contribution in [2.45, 2.75) is 65.3 Å².